The minimum atomic E-state index is 0.105. The van der Waals surface area contributed by atoms with Crippen molar-refractivity contribution in [2.45, 2.75) is 66.3 Å². The molecule has 0 aliphatic rings. The van der Waals surface area contributed by atoms with Gasteiger partial charge < -0.3 is 14.5 Å². The van der Waals surface area contributed by atoms with Crippen LogP contribution in [0.25, 0.3) is 0 Å². The first-order valence-electron chi connectivity index (χ1n) is 6.23. The number of ether oxygens (including phenoxy) is 1. The average Bonchev–Trinajstić information content (AvgIpc) is 2.52. The summed E-state index contributed by atoms with van der Waals surface area (Å²) in [4.78, 5) is 0. The van der Waals surface area contributed by atoms with Crippen LogP contribution in [-0.2, 0) is 17.9 Å². The highest BCUT2D eigenvalue weighted by Crippen LogP contribution is 2.16. The Morgan fingerprint density at radius 2 is 2.00 bits per heavy atom. The highest BCUT2D eigenvalue weighted by molar-refractivity contribution is 5.19. The van der Waals surface area contributed by atoms with Gasteiger partial charge in [-0.25, -0.2) is 0 Å². The molecule has 0 aromatic carbocycles. The molecule has 0 radical (unpaired) electrons. The molecule has 1 N–H and O–H groups in total. The van der Waals surface area contributed by atoms with E-state index >= 15 is 0 Å². The summed E-state index contributed by atoms with van der Waals surface area (Å²) in [7, 11) is 0. The van der Waals surface area contributed by atoms with Crippen LogP contribution in [0, 0.1) is 6.92 Å². The van der Waals surface area contributed by atoms with E-state index in [2.05, 4.69) is 39.1 Å². The third-order valence-corrected chi connectivity index (χ3v) is 2.41. The van der Waals surface area contributed by atoms with Gasteiger partial charge in [0.25, 0.3) is 0 Å². The molecule has 0 aliphatic carbocycles. The molecule has 0 spiro atoms. The Labute approximate surface area is 105 Å². The van der Waals surface area contributed by atoms with E-state index < -0.39 is 0 Å². The van der Waals surface area contributed by atoms with Gasteiger partial charge in [0, 0.05) is 5.54 Å². The lowest BCUT2D eigenvalue weighted by atomic mass is 10.1. The molecule has 0 aliphatic heterocycles. The molecule has 0 amide bonds. The van der Waals surface area contributed by atoms with Gasteiger partial charge >= 0.3 is 0 Å². The fourth-order valence-electron chi connectivity index (χ4n) is 1.43. The molecule has 0 bridgehead atoms. The summed E-state index contributed by atoms with van der Waals surface area (Å²) in [5.41, 5.74) is 1.29. The molecular weight excluding hydrogens is 214 g/mol. The fraction of sp³-hybridized carbons (Fsp3) is 0.714. The van der Waals surface area contributed by atoms with Gasteiger partial charge in [0.15, 0.2) is 0 Å². The lowest BCUT2D eigenvalue weighted by Crippen LogP contribution is -2.35. The van der Waals surface area contributed by atoms with Gasteiger partial charge in [-0.15, -0.1) is 0 Å². The van der Waals surface area contributed by atoms with Crippen LogP contribution in [-0.4, -0.2) is 11.6 Å². The summed E-state index contributed by atoms with van der Waals surface area (Å²) in [5, 5.41) is 3.42. The van der Waals surface area contributed by atoms with E-state index in [1.54, 1.807) is 0 Å². The molecule has 0 saturated carbocycles. The summed E-state index contributed by atoms with van der Waals surface area (Å²) >= 11 is 0. The Morgan fingerprint density at radius 1 is 1.35 bits per heavy atom. The number of hydrogen-bond donors (Lipinski definition) is 1. The minimum absolute atomic E-state index is 0.105. The zero-order chi connectivity index (χ0) is 13.1. The van der Waals surface area contributed by atoms with Crippen molar-refractivity contribution >= 4 is 0 Å². The first-order valence-corrected chi connectivity index (χ1v) is 6.23. The van der Waals surface area contributed by atoms with Gasteiger partial charge in [0.05, 0.1) is 12.6 Å². The number of hydrogen-bond acceptors (Lipinski definition) is 3. The minimum Gasteiger partial charge on any atom is -0.462 e. The molecule has 1 aromatic rings. The number of aryl methyl sites for hydroxylation is 1. The summed E-state index contributed by atoms with van der Waals surface area (Å²) in [6.07, 6.45) is 0.233. The second-order valence-corrected chi connectivity index (χ2v) is 5.78. The third kappa shape index (κ3) is 5.37. The molecule has 0 fully saturated rings. The first kappa shape index (κ1) is 14.3. The van der Waals surface area contributed by atoms with Crippen LogP contribution >= 0.6 is 0 Å². The van der Waals surface area contributed by atoms with Crippen molar-refractivity contribution in [3.8, 4) is 0 Å². The van der Waals surface area contributed by atoms with Crippen molar-refractivity contribution in [1.29, 1.82) is 0 Å². The highest BCUT2D eigenvalue weighted by atomic mass is 16.5. The molecule has 3 heteroatoms. The summed E-state index contributed by atoms with van der Waals surface area (Å²) < 4.78 is 11.3. The fourth-order valence-corrected chi connectivity index (χ4v) is 1.43. The van der Waals surface area contributed by atoms with Crippen molar-refractivity contribution in [2.75, 3.05) is 0 Å². The molecule has 17 heavy (non-hydrogen) atoms. The van der Waals surface area contributed by atoms with Gasteiger partial charge in [0.1, 0.15) is 18.1 Å². The van der Waals surface area contributed by atoms with Crippen LogP contribution in [0.3, 0.4) is 0 Å². The van der Waals surface area contributed by atoms with E-state index in [9.17, 15) is 0 Å². The maximum Gasteiger partial charge on any atom is 0.130 e. The Bertz CT molecular complexity index is 348. The molecule has 0 unspecified atom stereocenters. The van der Waals surface area contributed by atoms with Crippen LogP contribution in [0.5, 0.6) is 0 Å². The van der Waals surface area contributed by atoms with Crippen LogP contribution in [0.1, 0.15) is 51.7 Å². The monoisotopic (exact) mass is 239 g/mol. The predicted octanol–water partition coefficient (Wildman–Crippen LogP) is 3.40. The van der Waals surface area contributed by atoms with Crippen molar-refractivity contribution in [3.05, 3.63) is 23.2 Å². The van der Waals surface area contributed by atoms with Crippen molar-refractivity contribution in [2.24, 2.45) is 0 Å². The Morgan fingerprint density at radius 3 is 2.53 bits per heavy atom. The summed E-state index contributed by atoms with van der Waals surface area (Å²) in [6.45, 7) is 13.9. The van der Waals surface area contributed by atoms with Crippen molar-refractivity contribution in [1.82, 2.24) is 5.32 Å². The molecule has 1 aromatic heterocycles. The van der Waals surface area contributed by atoms with Crippen LogP contribution in [0.15, 0.2) is 10.5 Å². The third-order valence-electron chi connectivity index (χ3n) is 2.41. The average molecular weight is 239 g/mol. The van der Waals surface area contributed by atoms with E-state index in [1.165, 1.54) is 5.56 Å². The lowest BCUT2D eigenvalue weighted by molar-refractivity contribution is 0.0538. The Hall–Kier alpha value is -0.800. The smallest absolute Gasteiger partial charge is 0.130 e. The predicted molar refractivity (Wildman–Crippen MR) is 70.0 cm³/mol. The van der Waals surface area contributed by atoms with Crippen LogP contribution in [0.2, 0.25) is 0 Å². The Kier molecular flexibility index (Phi) is 4.78. The molecule has 1 heterocycles. The zero-order valence-electron chi connectivity index (χ0n) is 11.9. The molecule has 1 rings (SSSR count). The van der Waals surface area contributed by atoms with Crippen molar-refractivity contribution in [3.63, 3.8) is 0 Å². The normalized spacial score (nSPS) is 12.4. The van der Waals surface area contributed by atoms with Crippen LogP contribution in [0.4, 0.5) is 0 Å². The van der Waals surface area contributed by atoms with E-state index in [0.717, 1.165) is 18.1 Å². The summed E-state index contributed by atoms with van der Waals surface area (Å²) in [6, 6.07) is 2.06. The van der Waals surface area contributed by atoms with E-state index in [1.807, 2.05) is 13.8 Å². The molecule has 0 atom stereocenters. The van der Waals surface area contributed by atoms with Gasteiger partial charge in [-0.1, -0.05) is 0 Å². The maximum absolute atomic E-state index is 5.77. The van der Waals surface area contributed by atoms with Gasteiger partial charge in [-0.3, -0.25) is 0 Å². The van der Waals surface area contributed by atoms with Gasteiger partial charge in [-0.05, 0) is 53.2 Å². The summed E-state index contributed by atoms with van der Waals surface area (Å²) in [5.74, 6) is 1.91. The van der Waals surface area contributed by atoms with E-state index in [4.69, 9.17) is 9.15 Å². The zero-order valence-corrected chi connectivity index (χ0v) is 11.9. The SMILES string of the molecule is Cc1cc(COC(C)C)oc1CNC(C)(C)C. The number of rotatable bonds is 5. The Balaban J connectivity index is 2.56. The number of nitrogens with one attached hydrogen (secondary N) is 1. The number of furan rings is 1. The van der Waals surface area contributed by atoms with Gasteiger partial charge in [0.2, 0.25) is 0 Å². The quantitative estimate of drug-likeness (QED) is 0.855. The lowest BCUT2D eigenvalue weighted by Gasteiger charge is -2.19. The van der Waals surface area contributed by atoms with Crippen molar-refractivity contribution < 1.29 is 9.15 Å². The molecular formula is C14H25NO2. The highest BCUT2D eigenvalue weighted by Gasteiger charge is 2.13. The molecule has 0 saturated heterocycles. The second kappa shape index (κ2) is 5.69. The molecule has 3 nitrogen and oxygen atoms in total. The van der Waals surface area contributed by atoms with Crippen LogP contribution < -0.4 is 5.32 Å². The maximum atomic E-state index is 5.77. The topological polar surface area (TPSA) is 34.4 Å². The second-order valence-electron chi connectivity index (χ2n) is 5.78. The van der Waals surface area contributed by atoms with Gasteiger partial charge in [-0.2, -0.15) is 0 Å². The standard InChI is InChI=1S/C14H25NO2/c1-10(2)16-9-12-7-11(3)13(17-12)8-15-14(4,5)6/h7,10,15H,8-9H2,1-6H3. The largest absolute Gasteiger partial charge is 0.462 e. The first-order chi connectivity index (χ1) is 7.78. The van der Waals surface area contributed by atoms with E-state index in [-0.39, 0.29) is 11.6 Å². The molecule has 98 valence electrons. The van der Waals surface area contributed by atoms with E-state index in [0.29, 0.717) is 6.61 Å².